The van der Waals surface area contributed by atoms with Crippen LogP contribution in [0.2, 0.25) is 5.02 Å². The Hall–Kier alpha value is -2.02. The lowest BCUT2D eigenvalue weighted by Gasteiger charge is -2.15. The number of nitrogens with zero attached hydrogens (tertiary/aromatic N) is 2. The fourth-order valence-corrected chi connectivity index (χ4v) is 1.80. The van der Waals surface area contributed by atoms with Gasteiger partial charge in [-0.2, -0.15) is 18.2 Å². The monoisotopic (exact) mass is 316 g/mol. The minimum atomic E-state index is -4.46. The van der Waals surface area contributed by atoms with Gasteiger partial charge in [-0.15, -0.1) is 0 Å². The number of halogens is 4. The molecule has 0 atom stereocenters. The molecule has 2 N–H and O–H groups in total. The van der Waals surface area contributed by atoms with Gasteiger partial charge in [-0.1, -0.05) is 23.7 Å². The molecule has 112 valence electrons. The van der Waals surface area contributed by atoms with E-state index in [1.54, 1.807) is 0 Å². The Morgan fingerprint density at radius 3 is 2.62 bits per heavy atom. The van der Waals surface area contributed by atoms with E-state index in [4.69, 9.17) is 11.6 Å². The van der Waals surface area contributed by atoms with Gasteiger partial charge in [0.2, 0.25) is 5.95 Å². The summed E-state index contributed by atoms with van der Waals surface area (Å²) in [6.07, 6.45) is -3.14. The van der Waals surface area contributed by atoms with Crippen LogP contribution in [-0.4, -0.2) is 16.5 Å². The molecular formula is C13H12ClF3N4. The minimum Gasteiger partial charge on any atom is -0.354 e. The van der Waals surface area contributed by atoms with Crippen molar-refractivity contribution in [2.75, 3.05) is 17.2 Å². The predicted molar refractivity (Wildman–Crippen MR) is 75.9 cm³/mol. The van der Waals surface area contributed by atoms with Crippen molar-refractivity contribution in [2.45, 2.75) is 13.1 Å². The lowest BCUT2D eigenvalue weighted by molar-refractivity contribution is -0.136. The maximum Gasteiger partial charge on any atom is 0.418 e. The number of rotatable bonds is 4. The van der Waals surface area contributed by atoms with Gasteiger partial charge in [-0.3, -0.25) is 0 Å². The lowest BCUT2D eigenvalue weighted by Crippen LogP contribution is -2.10. The molecule has 0 spiro atoms. The maximum atomic E-state index is 12.9. The minimum absolute atomic E-state index is 0.110. The smallest absolute Gasteiger partial charge is 0.354 e. The Morgan fingerprint density at radius 2 is 1.95 bits per heavy atom. The summed E-state index contributed by atoms with van der Waals surface area (Å²) in [5, 5.41) is 5.60. The SMILES string of the molecule is CCNc1ncc(Cl)c(Nc2ccccc2C(F)(F)F)n1. The number of benzene rings is 1. The summed E-state index contributed by atoms with van der Waals surface area (Å²) >= 11 is 5.92. The molecular weight excluding hydrogens is 305 g/mol. The summed E-state index contributed by atoms with van der Waals surface area (Å²) in [5.41, 5.74) is -0.905. The first-order chi connectivity index (χ1) is 9.91. The van der Waals surface area contributed by atoms with Crippen molar-refractivity contribution in [3.05, 3.63) is 41.0 Å². The molecule has 2 rings (SSSR count). The topological polar surface area (TPSA) is 49.8 Å². The molecule has 0 radical (unpaired) electrons. The Bertz CT molecular complexity index is 631. The van der Waals surface area contributed by atoms with Crippen LogP contribution >= 0.6 is 11.6 Å². The molecule has 0 aliphatic rings. The van der Waals surface area contributed by atoms with Crippen molar-refractivity contribution in [3.63, 3.8) is 0 Å². The van der Waals surface area contributed by atoms with Crippen LogP contribution in [0, 0.1) is 0 Å². The van der Waals surface area contributed by atoms with Gasteiger partial charge >= 0.3 is 6.18 Å². The summed E-state index contributed by atoms with van der Waals surface area (Å²) in [4.78, 5) is 7.97. The number of alkyl halides is 3. The van der Waals surface area contributed by atoms with Crippen molar-refractivity contribution in [2.24, 2.45) is 0 Å². The third-order valence-electron chi connectivity index (χ3n) is 2.56. The zero-order chi connectivity index (χ0) is 15.5. The number of nitrogens with one attached hydrogen (secondary N) is 2. The van der Waals surface area contributed by atoms with Crippen LogP contribution in [0.25, 0.3) is 0 Å². The van der Waals surface area contributed by atoms with Gasteiger partial charge in [0.15, 0.2) is 5.82 Å². The first kappa shape index (κ1) is 15.4. The van der Waals surface area contributed by atoms with E-state index >= 15 is 0 Å². The van der Waals surface area contributed by atoms with Gasteiger partial charge in [0.1, 0.15) is 5.02 Å². The van der Waals surface area contributed by atoms with Crippen LogP contribution in [0.4, 0.5) is 30.6 Å². The van der Waals surface area contributed by atoms with Crippen molar-refractivity contribution >= 4 is 29.1 Å². The average Bonchev–Trinajstić information content (AvgIpc) is 2.42. The zero-order valence-corrected chi connectivity index (χ0v) is 11.8. The van der Waals surface area contributed by atoms with Gasteiger partial charge in [0.05, 0.1) is 17.4 Å². The first-order valence-electron chi connectivity index (χ1n) is 6.11. The summed E-state index contributed by atoms with van der Waals surface area (Å²) < 4.78 is 38.8. The molecule has 21 heavy (non-hydrogen) atoms. The Balaban J connectivity index is 2.36. The van der Waals surface area contributed by atoms with Gasteiger partial charge in [-0.25, -0.2) is 4.98 Å². The van der Waals surface area contributed by atoms with Crippen molar-refractivity contribution in [1.29, 1.82) is 0 Å². The molecule has 0 saturated heterocycles. The van der Waals surface area contributed by atoms with E-state index in [2.05, 4.69) is 20.6 Å². The van der Waals surface area contributed by atoms with Gasteiger partial charge in [0.25, 0.3) is 0 Å². The molecule has 4 nitrogen and oxygen atoms in total. The van der Waals surface area contributed by atoms with Crippen molar-refractivity contribution in [3.8, 4) is 0 Å². The third-order valence-corrected chi connectivity index (χ3v) is 2.84. The number of anilines is 3. The van der Waals surface area contributed by atoms with E-state index in [1.807, 2.05) is 6.92 Å². The van der Waals surface area contributed by atoms with E-state index in [0.29, 0.717) is 6.54 Å². The highest BCUT2D eigenvalue weighted by atomic mass is 35.5. The van der Waals surface area contributed by atoms with Crippen molar-refractivity contribution in [1.82, 2.24) is 9.97 Å². The summed E-state index contributed by atoms with van der Waals surface area (Å²) in [7, 11) is 0. The fourth-order valence-electron chi connectivity index (χ4n) is 1.66. The Morgan fingerprint density at radius 1 is 1.24 bits per heavy atom. The van der Waals surface area contributed by atoms with Crippen LogP contribution in [-0.2, 0) is 6.18 Å². The second kappa shape index (κ2) is 6.17. The zero-order valence-electron chi connectivity index (χ0n) is 11.0. The quantitative estimate of drug-likeness (QED) is 0.881. The van der Waals surface area contributed by atoms with Crippen molar-refractivity contribution < 1.29 is 13.2 Å². The molecule has 1 heterocycles. The molecule has 0 bridgehead atoms. The molecule has 8 heteroatoms. The summed E-state index contributed by atoms with van der Waals surface area (Å²) in [5.74, 6) is 0.396. The average molecular weight is 317 g/mol. The molecule has 0 aliphatic heterocycles. The van der Waals surface area contributed by atoms with E-state index in [1.165, 1.54) is 24.4 Å². The predicted octanol–water partition coefficient (Wildman–Crippen LogP) is 4.32. The first-order valence-corrected chi connectivity index (χ1v) is 6.49. The number of aromatic nitrogens is 2. The van der Waals surface area contributed by atoms with Crippen LogP contribution in [0.15, 0.2) is 30.5 Å². The van der Waals surface area contributed by atoms with Gasteiger partial charge in [0, 0.05) is 6.54 Å². The fraction of sp³-hybridized carbons (Fsp3) is 0.231. The van der Waals surface area contributed by atoms with E-state index < -0.39 is 11.7 Å². The lowest BCUT2D eigenvalue weighted by atomic mass is 10.1. The van der Waals surface area contributed by atoms with Crippen LogP contribution in [0.1, 0.15) is 12.5 Å². The highest BCUT2D eigenvalue weighted by Crippen LogP contribution is 2.36. The molecule has 1 aromatic carbocycles. The summed E-state index contributed by atoms with van der Waals surface area (Å²) in [6, 6.07) is 5.12. The number of hydrogen-bond donors (Lipinski definition) is 2. The Labute approximate surface area is 124 Å². The molecule has 0 fully saturated rings. The molecule has 0 amide bonds. The largest absolute Gasteiger partial charge is 0.418 e. The number of para-hydroxylation sites is 1. The van der Waals surface area contributed by atoms with Gasteiger partial charge < -0.3 is 10.6 Å². The third kappa shape index (κ3) is 3.75. The van der Waals surface area contributed by atoms with Crippen LogP contribution in [0.3, 0.4) is 0 Å². The van der Waals surface area contributed by atoms with Gasteiger partial charge in [-0.05, 0) is 19.1 Å². The van der Waals surface area contributed by atoms with Crippen LogP contribution < -0.4 is 10.6 Å². The molecule has 1 aromatic heterocycles. The van der Waals surface area contributed by atoms with E-state index in [0.717, 1.165) is 6.07 Å². The maximum absolute atomic E-state index is 12.9. The highest BCUT2D eigenvalue weighted by molar-refractivity contribution is 6.32. The second-order valence-corrected chi connectivity index (χ2v) is 4.50. The molecule has 2 aromatic rings. The van der Waals surface area contributed by atoms with Crippen LogP contribution in [0.5, 0.6) is 0 Å². The standard InChI is InChI=1S/C13H12ClF3N4/c1-2-18-12-19-7-9(14)11(21-12)20-10-6-4-3-5-8(10)13(15,16)17/h3-7H,2H2,1H3,(H2,18,19,20,21). The molecule has 0 unspecified atom stereocenters. The highest BCUT2D eigenvalue weighted by Gasteiger charge is 2.33. The Kier molecular flexibility index (Phi) is 4.52. The number of hydrogen-bond acceptors (Lipinski definition) is 4. The van der Waals surface area contributed by atoms with E-state index in [-0.39, 0.29) is 22.5 Å². The molecule has 0 aliphatic carbocycles. The second-order valence-electron chi connectivity index (χ2n) is 4.09. The van der Waals surface area contributed by atoms with E-state index in [9.17, 15) is 13.2 Å². The normalized spacial score (nSPS) is 11.3. The molecule has 0 saturated carbocycles. The summed E-state index contributed by atoms with van der Waals surface area (Å²) in [6.45, 7) is 2.43.